The van der Waals surface area contributed by atoms with Crippen LogP contribution < -0.4 is 5.32 Å². The molecule has 4 heteroatoms. The zero-order valence-electron chi connectivity index (χ0n) is 13.0. The summed E-state index contributed by atoms with van der Waals surface area (Å²) < 4.78 is 5.09. The number of nitrogens with one attached hydrogen (secondary N) is 1. The molecular formula is C19H19NO3. The second-order valence-corrected chi connectivity index (χ2v) is 5.01. The number of alkyl carbamates (subject to hydrolysis) is 1. The zero-order chi connectivity index (χ0) is 16.5. The van der Waals surface area contributed by atoms with Gasteiger partial charge in [-0.2, -0.15) is 0 Å². The van der Waals surface area contributed by atoms with Crippen molar-refractivity contribution in [3.8, 4) is 17.6 Å². The van der Waals surface area contributed by atoms with Crippen LogP contribution in [0, 0.1) is 18.8 Å². The molecule has 0 fully saturated rings. The highest BCUT2D eigenvalue weighted by Crippen LogP contribution is 2.19. The van der Waals surface area contributed by atoms with E-state index in [1.165, 1.54) is 0 Å². The molecule has 0 bridgehead atoms. The molecule has 4 nitrogen and oxygen atoms in total. The molecule has 0 spiro atoms. The molecule has 2 N–H and O–H groups in total. The summed E-state index contributed by atoms with van der Waals surface area (Å²) in [5, 5.41) is 12.5. The number of hydrogen-bond acceptors (Lipinski definition) is 3. The quantitative estimate of drug-likeness (QED) is 0.672. The van der Waals surface area contributed by atoms with Crippen molar-refractivity contribution in [2.24, 2.45) is 0 Å². The Labute approximate surface area is 136 Å². The van der Waals surface area contributed by atoms with E-state index in [1.807, 2.05) is 49.4 Å². The van der Waals surface area contributed by atoms with E-state index in [2.05, 4.69) is 17.2 Å². The Balaban J connectivity index is 1.70. The van der Waals surface area contributed by atoms with Crippen LogP contribution in [0.4, 0.5) is 4.79 Å². The minimum atomic E-state index is -0.464. The molecule has 0 atom stereocenters. The molecule has 1 amide bonds. The second kappa shape index (κ2) is 8.50. The van der Waals surface area contributed by atoms with E-state index in [-0.39, 0.29) is 12.4 Å². The number of aryl methyl sites for hydroxylation is 1. The molecular weight excluding hydrogens is 290 g/mol. The normalized spacial score (nSPS) is 9.61. The van der Waals surface area contributed by atoms with Crippen LogP contribution in [0.5, 0.6) is 5.75 Å². The summed E-state index contributed by atoms with van der Waals surface area (Å²) in [6, 6.07) is 14.9. The standard InChI is InChI=1S/C19H19NO3/c1-15-8-7-12-17(18(15)21)11-5-6-13-20-19(22)23-14-16-9-3-2-4-10-16/h2-4,7-10,12,21H,6,13-14H2,1H3,(H,20,22). The first-order chi connectivity index (χ1) is 11.2. The molecule has 0 saturated carbocycles. The fourth-order valence-corrected chi connectivity index (χ4v) is 1.92. The third-order valence-corrected chi connectivity index (χ3v) is 3.19. The van der Waals surface area contributed by atoms with Gasteiger partial charge < -0.3 is 15.2 Å². The van der Waals surface area contributed by atoms with E-state index in [4.69, 9.17) is 4.74 Å². The van der Waals surface area contributed by atoms with Crippen molar-refractivity contribution < 1.29 is 14.6 Å². The van der Waals surface area contributed by atoms with Gasteiger partial charge in [0, 0.05) is 13.0 Å². The minimum absolute atomic E-state index is 0.204. The topological polar surface area (TPSA) is 58.6 Å². The lowest BCUT2D eigenvalue weighted by Crippen LogP contribution is -2.24. The number of carbonyl (C=O) groups excluding carboxylic acids is 1. The first-order valence-electron chi connectivity index (χ1n) is 7.39. The van der Waals surface area contributed by atoms with Gasteiger partial charge in [-0.1, -0.05) is 54.3 Å². The number of phenolic OH excluding ortho intramolecular Hbond substituents is 1. The SMILES string of the molecule is Cc1cccc(C#CCCNC(=O)OCc2ccccc2)c1O. The molecule has 118 valence electrons. The Kier molecular flexibility index (Phi) is 6.07. The van der Waals surface area contributed by atoms with Gasteiger partial charge in [-0.25, -0.2) is 4.79 Å². The van der Waals surface area contributed by atoms with Gasteiger partial charge in [-0.15, -0.1) is 0 Å². The summed E-state index contributed by atoms with van der Waals surface area (Å²) >= 11 is 0. The highest BCUT2D eigenvalue weighted by Gasteiger charge is 2.01. The zero-order valence-corrected chi connectivity index (χ0v) is 13.0. The average molecular weight is 309 g/mol. The third kappa shape index (κ3) is 5.40. The molecule has 0 aliphatic heterocycles. The van der Waals surface area contributed by atoms with Crippen molar-refractivity contribution in [1.82, 2.24) is 5.32 Å². The first-order valence-corrected chi connectivity index (χ1v) is 7.39. The number of benzene rings is 2. The lowest BCUT2D eigenvalue weighted by atomic mass is 10.1. The smallest absolute Gasteiger partial charge is 0.407 e. The predicted octanol–water partition coefficient (Wildman–Crippen LogP) is 3.37. The highest BCUT2D eigenvalue weighted by atomic mass is 16.5. The lowest BCUT2D eigenvalue weighted by molar-refractivity contribution is 0.140. The van der Waals surface area contributed by atoms with Crippen LogP contribution in [-0.4, -0.2) is 17.7 Å². The minimum Gasteiger partial charge on any atom is -0.506 e. The van der Waals surface area contributed by atoms with Gasteiger partial charge in [0.1, 0.15) is 12.4 Å². The van der Waals surface area contributed by atoms with Crippen LogP contribution >= 0.6 is 0 Å². The summed E-state index contributed by atoms with van der Waals surface area (Å²) in [6.45, 7) is 2.47. The fourth-order valence-electron chi connectivity index (χ4n) is 1.92. The van der Waals surface area contributed by atoms with Gasteiger partial charge in [0.2, 0.25) is 0 Å². The number of carbonyl (C=O) groups is 1. The van der Waals surface area contributed by atoms with E-state index in [1.54, 1.807) is 6.07 Å². The van der Waals surface area contributed by atoms with Crippen LogP contribution in [0.1, 0.15) is 23.1 Å². The molecule has 2 aromatic rings. The van der Waals surface area contributed by atoms with Crippen molar-refractivity contribution in [2.75, 3.05) is 6.54 Å². The summed E-state index contributed by atoms with van der Waals surface area (Å²) in [7, 11) is 0. The summed E-state index contributed by atoms with van der Waals surface area (Å²) in [5.74, 6) is 6.02. The maximum absolute atomic E-state index is 11.5. The van der Waals surface area contributed by atoms with E-state index in [9.17, 15) is 9.90 Å². The van der Waals surface area contributed by atoms with E-state index in [0.29, 0.717) is 18.5 Å². The Morgan fingerprint density at radius 1 is 1.17 bits per heavy atom. The van der Waals surface area contributed by atoms with Crippen molar-refractivity contribution in [3.05, 3.63) is 65.2 Å². The highest BCUT2D eigenvalue weighted by molar-refractivity contribution is 5.67. The Hall–Kier alpha value is -2.93. The number of aromatic hydroxyl groups is 1. The van der Waals surface area contributed by atoms with Crippen LogP contribution in [0.25, 0.3) is 0 Å². The van der Waals surface area contributed by atoms with E-state index in [0.717, 1.165) is 11.1 Å². The second-order valence-electron chi connectivity index (χ2n) is 5.01. The number of amides is 1. The summed E-state index contributed by atoms with van der Waals surface area (Å²) in [5.41, 5.74) is 2.33. The number of para-hydroxylation sites is 1. The van der Waals surface area contributed by atoms with Gasteiger partial charge in [0.15, 0.2) is 0 Å². The van der Waals surface area contributed by atoms with Crippen molar-refractivity contribution in [2.45, 2.75) is 20.0 Å². The van der Waals surface area contributed by atoms with Crippen molar-refractivity contribution >= 4 is 6.09 Å². The third-order valence-electron chi connectivity index (χ3n) is 3.19. The van der Waals surface area contributed by atoms with E-state index >= 15 is 0 Å². The number of phenols is 1. The lowest BCUT2D eigenvalue weighted by Gasteiger charge is -2.05. The van der Waals surface area contributed by atoms with Crippen LogP contribution in [0.3, 0.4) is 0 Å². The largest absolute Gasteiger partial charge is 0.506 e. The molecule has 0 aliphatic rings. The maximum Gasteiger partial charge on any atom is 0.407 e. The number of ether oxygens (including phenoxy) is 1. The monoisotopic (exact) mass is 309 g/mol. The molecule has 23 heavy (non-hydrogen) atoms. The Morgan fingerprint density at radius 2 is 1.96 bits per heavy atom. The molecule has 0 aliphatic carbocycles. The van der Waals surface area contributed by atoms with Crippen LogP contribution in [0.2, 0.25) is 0 Å². The van der Waals surface area contributed by atoms with Crippen molar-refractivity contribution in [1.29, 1.82) is 0 Å². The summed E-state index contributed by atoms with van der Waals surface area (Å²) in [4.78, 5) is 11.5. The fraction of sp³-hybridized carbons (Fsp3) is 0.211. The van der Waals surface area contributed by atoms with Gasteiger partial charge in [-0.3, -0.25) is 0 Å². The number of rotatable bonds is 4. The average Bonchev–Trinajstić information content (AvgIpc) is 2.57. The van der Waals surface area contributed by atoms with Gasteiger partial charge in [-0.05, 0) is 24.1 Å². The van der Waals surface area contributed by atoms with Crippen molar-refractivity contribution in [3.63, 3.8) is 0 Å². The molecule has 2 rings (SSSR count). The predicted molar refractivity (Wildman–Crippen MR) is 89.0 cm³/mol. The molecule has 0 aromatic heterocycles. The maximum atomic E-state index is 11.5. The summed E-state index contributed by atoms with van der Waals surface area (Å²) in [6.07, 6.45) is 0.0161. The first kappa shape index (κ1) is 16.4. The van der Waals surface area contributed by atoms with E-state index < -0.39 is 6.09 Å². The van der Waals surface area contributed by atoms with Crippen LogP contribution in [-0.2, 0) is 11.3 Å². The van der Waals surface area contributed by atoms with Gasteiger partial charge in [0.05, 0.1) is 5.56 Å². The number of hydrogen-bond donors (Lipinski definition) is 2. The van der Waals surface area contributed by atoms with Gasteiger partial charge in [0.25, 0.3) is 0 Å². The van der Waals surface area contributed by atoms with Gasteiger partial charge >= 0.3 is 6.09 Å². The molecule has 2 aromatic carbocycles. The molecule has 0 unspecified atom stereocenters. The Morgan fingerprint density at radius 3 is 2.74 bits per heavy atom. The molecule has 0 saturated heterocycles. The Bertz CT molecular complexity index is 714. The van der Waals surface area contributed by atoms with Crippen LogP contribution in [0.15, 0.2) is 48.5 Å². The molecule has 0 radical (unpaired) electrons. The molecule has 0 heterocycles.